The van der Waals surface area contributed by atoms with E-state index in [1.807, 2.05) is 0 Å². The van der Waals surface area contributed by atoms with Gasteiger partial charge in [0.2, 0.25) is 0 Å². The number of aliphatic hydroxyl groups excluding tert-OH is 1. The van der Waals surface area contributed by atoms with E-state index >= 15 is 0 Å². The van der Waals surface area contributed by atoms with E-state index in [9.17, 15) is 5.11 Å². The first-order valence-electron chi connectivity index (χ1n) is 4.42. The van der Waals surface area contributed by atoms with Crippen LogP contribution < -0.4 is 0 Å². The van der Waals surface area contributed by atoms with Crippen molar-refractivity contribution < 1.29 is 9.84 Å². The Bertz CT molecular complexity index is 157. The fourth-order valence-corrected chi connectivity index (χ4v) is 2.97. The van der Waals surface area contributed by atoms with Crippen LogP contribution in [0.4, 0.5) is 0 Å². The van der Waals surface area contributed by atoms with E-state index in [1.165, 1.54) is 0 Å². The number of rotatable bonds is 1. The SMILES string of the molecule is CC1CC(C)(C)SC(C(C)O)O1. The van der Waals surface area contributed by atoms with Crippen LogP contribution in [0.25, 0.3) is 0 Å². The first-order valence-corrected chi connectivity index (χ1v) is 5.30. The summed E-state index contributed by atoms with van der Waals surface area (Å²) in [5.41, 5.74) is -0.0521. The zero-order valence-electron chi connectivity index (χ0n) is 8.20. The minimum Gasteiger partial charge on any atom is -0.390 e. The lowest BCUT2D eigenvalue weighted by Gasteiger charge is -2.39. The lowest BCUT2D eigenvalue weighted by molar-refractivity contribution is -0.0313. The minimum atomic E-state index is -0.378. The highest BCUT2D eigenvalue weighted by Gasteiger charge is 2.35. The van der Waals surface area contributed by atoms with E-state index in [2.05, 4.69) is 20.8 Å². The Morgan fingerprint density at radius 2 is 2.17 bits per heavy atom. The molecule has 1 fully saturated rings. The fourth-order valence-electron chi connectivity index (χ4n) is 1.57. The van der Waals surface area contributed by atoms with Crippen molar-refractivity contribution in [3.05, 3.63) is 0 Å². The average molecular weight is 190 g/mol. The topological polar surface area (TPSA) is 29.5 Å². The lowest BCUT2D eigenvalue weighted by atomic mass is 10.1. The van der Waals surface area contributed by atoms with Gasteiger partial charge in [-0.25, -0.2) is 0 Å². The highest BCUT2D eigenvalue weighted by atomic mass is 32.2. The second kappa shape index (κ2) is 3.56. The first kappa shape index (κ1) is 10.4. The van der Waals surface area contributed by atoms with Crippen LogP contribution in [0.15, 0.2) is 0 Å². The van der Waals surface area contributed by atoms with Gasteiger partial charge in [0, 0.05) is 4.75 Å². The predicted molar refractivity (Wildman–Crippen MR) is 52.3 cm³/mol. The van der Waals surface area contributed by atoms with Crippen molar-refractivity contribution in [2.75, 3.05) is 0 Å². The van der Waals surface area contributed by atoms with Gasteiger partial charge in [-0.2, -0.15) is 0 Å². The Morgan fingerprint density at radius 1 is 1.58 bits per heavy atom. The lowest BCUT2D eigenvalue weighted by Crippen LogP contribution is -2.39. The molecular weight excluding hydrogens is 172 g/mol. The molecule has 3 unspecified atom stereocenters. The molecular formula is C9H18O2S. The Labute approximate surface area is 78.7 Å². The maximum Gasteiger partial charge on any atom is 0.129 e. The van der Waals surface area contributed by atoms with Crippen molar-refractivity contribution >= 4 is 11.8 Å². The Morgan fingerprint density at radius 3 is 2.58 bits per heavy atom. The molecule has 1 aliphatic heterocycles. The van der Waals surface area contributed by atoms with Crippen molar-refractivity contribution in [1.82, 2.24) is 0 Å². The van der Waals surface area contributed by atoms with Crippen LogP contribution in [0.2, 0.25) is 0 Å². The molecule has 0 saturated carbocycles. The van der Waals surface area contributed by atoms with Crippen molar-refractivity contribution in [1.29, 1.82) is 0 Å². The van der Waals surface area contributed by atoms with Gasteiger partial charge in [0.05, 0.1) is 12.2 Å². The van der Waals surface area contributed by atoms with Gasteiger partial charge in [0.1, 0.15) is 5.44 Å². The van der Waals surface area contributed by atoms with Crippen LogP contribution >= 0.6 is 11.8 Å². The molecule has 0 aliphatic carbocycles. The summed E-state index contributed by atoms with van der Waals surface area (Å²) >= 11 is 1.73. The van der Waals surface area contributed by atoms with Crippen LogP contribution in [-0.2, 0) is 4.74 Å². The molecule has 0 spiro atoms. The Hall–Kier alpha value is 0.270. The molecule has 1 N–H and O–H groups in total. The third-order valence-electron chi connectivity index (χ3n) is 1.97. The molecule has 0 aromatic heterocycles. The minimum absolute atomic E-state index is 0.0521. The number of aliphatic hydroxyl groups is 1. The van der Waals surface area contributed by atoms with Crippen LogP contribution in [0, 0.1) is 0 Å². The standard InChI is InChI=1S/C9H18O2S/c1-6-5-9(3,4)12-8(11-6)7(2)10/h6-8,10H,5H2,1-4H3. The molecule has 3 atom stereocenters. The molecule has 0 radical (unpaired) electrons. The molecule has 12 heavy (non-hydrogen) atoms. The van der Waals surface area contributed by atoms with Crippen molar-refractivity contribution in [3.63, 3.8) is 0 Å². The van der Waals surface area contributed by atoms with E-state index in [1.54, 1.807) is 18.7 Å². The number of hydrogen-bond acceptors (Lipinski definition) is 3. The zero-order valence-corrected chi connectivity index (χ0v) is 9.02. The van der Waals surface area contributed by atoms with E-state index in [4.69, 9.17) is 4.74 Å². The van der Waals surface area contributed by atoms with Gasteiger partial charge < -0.3 is 9.84 Å². The van der Waals surface area contributed by atoms with Crippen LogP contribution in [0.1, 0.15) is 34.1 Å². The van der Waals surface area contributed by atoms with Gasteiger partial charge in [0.15, 0.2) is 0 Å². The molecule has 1 rings (SSSR count). The molecule has 2 nitrogen and oxygen atoms in total. The van der Waals surface area contributed by atoms with Crippen LogP contribution in [-0.4, -0.2) is 27.5 Å². The summed E-state index contributed by atoms with van der Waals surface area (Å²) in [7, 11) is 0. The summed E-state index contributed by atoms with van der Waals surface area (Å²) in [6.07, 6.45) is 0.943. The maximum absolute atomic E-state index is 9.38. The Balaban J connectivity index is 2.58. The van der Waals surface area contributed by atoms with Gasteiger partial charge in [-0.15, -0.1) is 11.8 Å². The highest BCUT2D eigenvalue weighted by molar-refractivity contribution is 8.01. The highest BCUT2D eigenvalue weighted by Crippen LogP contribution is 2.40. The molecule has 1 saturated heterocycles. The summed E-state index contributed by atoms with van der Waals surface area (Å²) < 4.78 is 5.83. The summed E-state index contributed by atoms with van der Waals surface area (Å²) in [6.45, 7) is 8.25. The van der Waals surface area contributed by atoms with Crippen molar-refractivity contribution in [2.24, 2.45) is 0 Å². The molecule has 1 aliphatic rings. The van der Waals surface area contributed by atoms with Crippen LogP contribution in [0.5, 0.6) is 0 Å². The molecule has 0 amide bonds. The largest absolute Gasteiger partial charge is 0.390 e. The number of thioether (sulfide) groups is 1. The summed E-state index contributed by atoms with van der Waals surface area (Å²) in [5, 5.41) is 9.38. The molecule has 72 valence electrons. The van der Waals surface area contributed by atoms with E-state index in [-0.39, 0.29) is 22.4 Å². The smallest absolute Gasteiger partial charge is 0.129 e. The zero-order chi connectivity index (χ0) is 9.35. The van der Waals surface area contributed by atoms with Crippen molar-refractivity contribution in [2.45, 2.75) is 56.5 Å². The quantitative estimate of drug-likeness (QED) is 0.686. The first-order chi connectivity index (χ1) is 5.41. The van der Waals surface area contributed by atoms with Crippen LogP contribution in [0.3, 0.4) is 0 Å². The third kappa shape index (κ3) is 2.64. The van der Waals surface area contributed by atoms with E-state index < -0.39 is 0 Å². The number of hydrogen-bond donors (Lipinski definition) is 1. The monoisotopic (exact) mass is 190 g/mol. The average Bonchev–Trinajstić information content (AvgIpc) is 1.82. The normalized spacial score (nSPS) is 37.8. The van der Waals surface area contributed by atoms with Gasteiger partial charge >= 0.3 is 0 Å². The van der Waals surface area contributed by atoms with Gasteiger partial charge in [-0.05, 0) is 20.3 Å². The molecule has 1 heterocycles. The van der Waals surface area contributed by atoms with Crippen molar-refractivity contribution in [3.8, 4) is 0 Å². The second-order valence-electron chi connectivity index (χ2n) is 4.14. The Kier molecular flexibility index (Phi) is 3.07. The summed E-state index contributed by atoms with van der Waals surface area (Å²) in [4.78, 5) is 0. The summed E-state index contributed by atoms with van der Waals surface area (Å²) in [5.74, 6) is 0. The van der Waals surface area contributed by atoms with E-state index in [0.717, 1.165) is 6.42 Å². The molecule has 0 bridgehead atoms. The van der Waals surface area contributed by atoms with Gasteiger partial charge in [-0.1, -0.05) is 13.8 Å². The number of ether oxygens (including phenoxy) is 1. The van der Waals surface area contributed by atoms with Gasteiger partial charge in [0.25, 0.3) is 0 Å². The third-order valence-corrected chi connectivity index (χ3v) is 3.52. The second-order valence-corrected chi connectivity index (χ2v) is 5.94. The molecule has 0 aromatic carbocycles. The summed E-state index contributed by atoms with van der Waals surface area (Å²) in [6, 6.07) is 0. The van der Waals surface area contributed by atoms with Gasteiger partial charge in [-0.3, -0.25) is 0 Å². The molecule has 0 aromatic rings. The fraction of sp³-hybridized carbons (Fsp3) is 1.00. The predicted octanol–water partition coefficient (Wildman–Crippen LogP) is 2.01. The van der Waals surface area contributed by atoms with E-state index in [0.29, 0.717) is 0 Å². The maximum atomic E-state index is 9.38. The molecule has 3 heteroatoms.